The zero-order valence-corrected chi connectivity index (χ0v) is 10.8. The molecule has 5 heteroatoms. The first kappa shape index (κ1) is 13.1. The molecule has 1 aliphatic rings. The number of hydrogen-bond acceptors (Lipinski definition) is 4. The zero-order valence-electron chi connectivity index (χ0n) is 10.0. The van der Waals surface area contributed by atoms with E-state index in [1.165, 1.54) is 37.8 Å². The number of rotatable bonds is 5. The van der Waals surface area contributed by atoms with Crippen molar-refractivity contribution in [2.45, 2.75) is 30.9 Å². The Morgan fingerprint density at radius 3 is 2.78 bits per heavy atom. The van der Waals surface area contributed by atoms with E-state index < -0.39 is 4.92 Å². The van der Waals surface area contributed by atoms with Crippen LogP contribution >= 0.6 is 11.8 Å². The van der Waals surface area contributed by atoms with E-state index in [0.717, 1.165) is 0 Å². The number of nitro benzene ring substituents is 1. The molecule has 0 atom stereocenters. The first-order chi connectivity index (χ1) is 8.66. The average molecular weight is 265 g/mol. The lowest BCUT2D eigenvalue weighted by Crippen LogP contribution is -2.06. The van der Waals surface area contributed by atoms with Gasteiger partial charge in [0.2, 0.25) is 0 Å². The SMILES string of the molecule is O=C(CSC1CCCC1)c1cccc([N+](=O)[O-])c1. The molecule has 2 rings (SSSR count). The minimum absolute atomic E-state index is 0.0180. The van der Waals surface area contributed by atoms with Crippen molar-refractivity contribution in [1.82, 2.24) is 0 Å². The molecule has 0 spiro atoms. The van der Waals surface area contributed by atoms with Gasteiger partial charge in [-0.1, -0.05) is 25.0 Å². The highest BCUT2D eigenvalue weighted by molar-refractivity contribution is 8.00. The molecule has 1 aromatic rings. The molecule has 0 saturated heterocycles. The van der Waals surface area contributed by atoms with Crippen molar-refractivity contribution in [2.75, 3.05) is 5.75 Å². The summed E-state index contributed by atoms with van der Waals surface area (Å²) in [6, 6.07) is 5.97. The number of carbonyl (C=O) groups is 1. The number of hydrogen-bond donors (Lipinski definition) is 0. The molecule has 1 aliphatic carbocycles. The Morgan fingerprint density at radius 2 is 2.11 bits per heavy atom. The number of thioether (sulfide) groups is 1. The van der Waals surface area contributed by atoms with Crippen LogP contribution in [0.3, 0.4) is 0 Å². The number of carbonyl (C=O) groups excluding carboxylic acids is 1. The fraction of sp³-hybridized carbons (Fsp3) is 0.462. The summed E-state index contributed by atoms with van der Waals surface area (Å²) in [5.41, 5.74) is 0.418. The monoisotopic (exact) mass is 265 g/mol. The summed E-state index contributed by atoms with van der Waals surface area (Å²) >= 11 is 1.68. The Bertz CT molecular complexity index is 455. The lowest BCUT2D eigenvalue weighted by molar-refractivity contribution is -0.384. The summed E-state index contributed by atoms with van der Waals surface area (Å²) in [5.74, 6) is 0.404. The lowest BCUT2D eigenvalue weighted by Gasteiger charge is -2.07. The van der Waals surface area contributed by atoms with Crippen molar-refractivity contribution in [2.24, 2.45) is 0 Å². The van der Waals surface area contributed by atoms with E-state index in [9.17, 15) is 14.9 Å². The first-order valence-corrected chi connectivity index (χ1v) is 7.11. The molecule has 96 valence electrons. The van der Waals surface area contributed by atoms with Gasteiger partial charge in [0.1, 0.15) is 0 Å². The van der Waals surface area contributed by atoms with Gasteiger partial charge >= 0.3 is 0 Å². The van der Waals surface area contributed by atoms with Gasteiger partial charge in [-0.05, 0) is 12.8 Å². The van der Waals surface area contributed by atoms with Gasteiger partial charge in [0, 0.05) is 22.9 Å². The molecule has 1 saturated carbocycles. The summed E-state index contributed by atoms with van der Waals surface area (Å²) in [7, 11) is 0. The van der Waals surface area contributed by atoms with Crippen LogP contribution in [0.1, 0.15) is 36.0 Å². The number of nitro groups is 1. The fourth-order valence-electron chi connectivity index (χ4n) is 2.12. The molecular weight excluding hydrogens is 250 g/mol. The number of benzene rings is 1. The molecule has 4 nitrogen and oxygen atoms in total. The van der Waals surface area contributed by atoms with Crippen LogP contribution in [-0.4, -0.2) is 21.7 Å². The topological polar surface area (TPSA) is 60.2 Å². The standard InChI is InChI=1S/C13H15NO3S/c15-13(9-18-12-6-1-2-7-12)10-4-3-5-11(8-10)14(16)17/h3-5,8,12H,1-2,6-7,9H2. The van der Waals surface area contributed by atoms with Gasteiger partial charge in [0.15, 0.2) is 5.78 Å². The lowest BCUT2D eigenvalue weighted by atomic mass is 10.1. The summed E-state index contributed by atoms with van der Waals surface area (Å²) in [5, 5.41) is 11.2. The Kier molecular flexibility index (Phi) is 4.36. The van der Waals surface area contributed by atoms with E-state index in [1.807, 2.05) is 0 Å². The predicted molar refractivity (Wildman–Crippen MR) is 72.1 cm³/mol. The highest BCUT2D eigenvalue weighted by Gasteiger charge is 2.18. The van der Waals surface area contributed by atoms with Crippen LogP contribution in [-0.2, 0) is 0 Å². The van der Waals surface area contributed by atoms with Crippen molar-refractivity contribution in [3.8, 4) is 0 Å². The van der Waals surface area contributed by atoms with E-state index in [1.54, 1.807) is 23.9 Å². The first-order valence-electron chi connectivity index (χ1n) is 6.06. The van der Waals surface area contributed by atoms with E-state index in [0.29, 0.717) is 16.6 Å². The normalized spacial score (nSPS) is 15.8. The van der Waals surface area contributed by atoms with Crippen LogP contribution in [0.15, 0.2) is 24.3 Å². The number of ketones is 1. The van der Waals surface area contributed by atoms with E-state index in [-0.39, 0.29) is 11.5 Å². The molecule has 0 aromatic heterocycles. The fourth-order valence-corrected chi connectivity index (χ4v) is 3.35. The molecule has 0 bridgehead atoms. The summed E-state index contributed by atoms with van der Waals surface area (Å²) in [6.07, 6.45) is 4.88. The molecule has 0 unspecified atom stereocenters. The molecule has 18 heavy (non-hydrogen) atoms. The maximum absolute atomic E-state index is 11.9. The van der Waals surface area contributed by atoms with Gasteiger partial charge < -0.3 is 0 Å². The van der Waals surface area contributed by atoms with Gasteiger partial charge in [-0.3, -0.25) is 14.9 Å². The van der Waals surface area contributed by atoms with Crippen LogP contribution in [0.5, 0.6) is 0 Å². The van der Waals surface area contributed by atoms with Crippen LogP contribution in [0.4, 0.5) is 5.69 Å². The largest absolute Gasteiger partial charge is 0.293 e. The minimum atomic E-state index is -0.471. The maximum atomic E-state index is 11.9. The molecule has 1 aromatic carbocycles. The van der Waals surface area contributed by atoms with Gasteiger partial charge in [-0.15, -0.1) is 0 Å². The van der Waals surface area contributed by atoms with E-state index in [4.69, 9.17) is 0 Å². The zero-order chi connectivity index (χ0) is 13.0. The van der Waals surface area contributed by atoms with Crippen LogP contribution < -0.4 is 0 Å². The molecule has 1 fully saturated rings. The molecule has 0 radical (unpaired) electrons. The summed E-state index contributed by atoms with van der Waals surface area (Å²) in [4.78, 5) is 22.1. The Labute approximate surface area is 110 Å². The molecule has 0 heterocycles. The van der Waals surface area contributed by atoms with Crippen molar-refractivity contribution in [3.63, 3.8) is 0 Å². The van der Waals surface area contributed by atoms with Gasteiger partial charge in [-0.25, -0.2) is 0 Å². The Balaban J connectivity index is 1.95. The second-order valence-corrected chi connectivity index (χ2v) is 5.74. The van der Waals surface area contributed by atoms with Gasteiger partial charge in [0.25, 0.3) is 5.69 Å². The maximum Gasteiger partial charge on any atom is 0.270 e. The van der Waals surface area contributed by atoms with E-state index in [2.05, 4.69) is 0 Å². The molecule has 0 aliphatic heterocycles. The number of non-ortho nitro benzene ring substituents is 1. The molecule has 0 N–H and O–H groups in total. The highest BCUT2D eigenvalue weighted by Crippen LogP contribution is 2.29. The van der Waals surface area contributed by atoms with Crippen molar-refractivity contribution in [1.29, 1.82) is 0 Å². The van der Waals surface area contributed by atoms with Crippen molar-refractivity contribution < 1.29 is 9.72 Å². The molecule has 0 amide bonds. The third kappa shape index (κ3) is 3.32. The van der Waals surface area contributed by atoms with Gasteiger partial charge in [-0.2, -0.15) is 11.8 Å². The van der Waals surface area contributed by atoms with Gasteiger partial charge in [0.05, 0.1) is 10.7 Å². The Morgan fingerprint density at radius 1 is 1.39 bits per heavy atom. The third-order valence-corrected chi connectivity index (χ3v) is 4.50. The summed E-state index contributed by atoms with van der Waals surface area (Å²) in [6.45, 7) is 0. The Hall–Kier alpha value is -1.36. The van der Waals surface area contributed by atoms with Crippen LogP contribution in [0, 0.1) is 10.1 Å². The molecular formula is C13H15NO3S. The van der Waals surface area contributed by atoms with Crippen molar-refractivity contribution >= 4 is 23.2 Å². The number of Topliss-reactive ketones (excluding diaryl/α,β-unsaturated/α-hetero) is 1. The third-order valence-electron chi connectivity index (χ3n) is 3.13. The number of nitrogens with zero attached hydrogens (tertiary/aromatic N) is 1. The smallest absolute Gasteiger partial charge is 0.270 e. The van der Waals surface area contributed by atoms with Crippen molar-refractivity contribution in [3.05, 3.63) is 39.9 Å². The minimum Gasteiger partial charge on any atom is -0.293 e. The predicted octanol–water partition coefficient (Wildman–Crippen LogP) is 3.45. The van der Waals surface area contributed by atoms with Crippen LogP contribution in [0.25, 0.3) is 0 Å². The average Bonchev–Trinajstić information content (AvgIpc) is 2.89. The highest BCUT2D eigenvalue weighted by atomic mass is 32.2. The second kappa shape index (κ2) is 6.00. The summed E-state index contributed by atoms with van der Waals surface area (Å²) < 4.78 is 0. The van der Waals surface area contributed by atoms with Crippen LogP contribution in [0.2, 0.25) is 0 Å². The van der Waals surface area contributed by atoms with E-state index >= 15 is 0 Å². The second-order valence-electron chi connectivity index (χ2n) is 4.45. The quantitative estimate of drug-likeness (QED) is 0.465.